The van der Waals surface area contributed by atoms with Crippen LogP contribution < -0.4 is 5.73 Å². The van der Waals surface area contributed by atoms with E-state index in [0.29, 0.717) is 30.2 Å². The Kier molecular flexibility index (Phi) is 4.36. The monoisotopic (exact) mass is 448 g/mol. The maximum atomic E-state index is 12.0. The topological polar surface area (TPSA) is 108 Å². The number of hydrogen-bond donors (Lipinski definition) is 1. The molecule has 164 valence electrons. The fraction of sp³-hybridized carbons (Fsp3) is 0.348. The average molecular weight is 449 g/mol. The van der Waals surface area contributed by atoms with Crippen molar-refractivity contribution in [1.82, 2.24) is 24.4 Å². The standard InChI is InChI=1S/C23H24N6O2S/c24-22-20(15-6-7-15)21(16-8-10-32(30,31)11-9-16)27-23-19(13-26-29(22)23)17-12-25-28(14-17)18-4-2-1-3-5-18/h1-5,12-16H,6-11,24H2. The largest absolute Gasteiger partial charge is 0.383 e. The van der Waals surface area contributed by atoms with Gasteiger partial charge in [0.1, 0.15) is 15.7 Å². The number of nitrogens with two attached hydrogens (primary N) is 1. The molecule has 0 amide bonds. The lowest BCUT2D eigenvalue weighted by Crippen LogP contribution is -2.24. The number of rotatable bonds is 4. The van der Waals surface area contributed by atoms with Gasteiger partial charge in [-0.15, -0.1) is 0 Å². The zero-order valence-electron chi connectivity index (χ0n) is 17.6. The first-order valence-corrected chi connectivity index (χ1v) is 12.8. The van der Waals surface area contributed by atoms with Crippen LogP contribution in [-0.2, 0) is 9.84 Å². The lowest BCUT2D eigenvalue weighted by atomic mass is 9.92. The molecule has 3 aromatic heterocycles. The Labute approximate surface area is 186 Å². The van der Waals surface area contributed by atoms with Crippen LogP contribution in [0.15, 0.2) is 48.9 Å². The molecule has 4 heterocycles. The molecule has 1 aliphatic heterocycles. The summed E-state index contributed by atoms with van der Waals surface area (Å²) in [6.45, 7) is 0. The van der Waals surface area contributed by atoms with Crippen molar-refractivity contribution < 1.29 is 8.42 Å². The first kappa shape index (κ1) is 19.5. The fourth-order valence-electron chi connectivity index (χ4n) is 4.70. The van der Waals surface area contributed by atoms with Crippen molar-refractivity contribution in [3.63, 3.8) is 0 Å². The van der Waals surface area contributed by atoms with Crippen LogP contribution in [0.4, 0.5) is 5.82 Å². The predicted molar refractivity (Wildman–Crippen MR) is 123 cm³/mol. The summed E-state index contributed by atoms with van der Waals surface area (Å²) in [4.78, 5) is 5.08. The maximum absolute atomic E-state index is 12.0. The van der Waals surface area contributed by atoms with E-state index in [1.807, 2.05) is 47.4 Å². The smallest absolute Gasteiger partial charge is 0.165 e. The quantitative estimate of drug-likeness (QED) is 0.513. The Hall–Kier alpha value is -3.20. The zero-order valence-corrected chi connectivity index (χ0v) is 18.4. The van der Waals surface area contributed by atoms with Gasteiger partial charge in [-0.3, -0.25) is 0 Å². The molecule has 32 heavy (non-hydrogen) atoms. The molecule has 0 bridgehead atoms. The van der Waals surface area contributed by atoms with Crippen LogP contribution in [0, 0.1) is 0 Å². The van der Waals surface area contributed by atoms with E-state index in [1.54, 1.807) is 10.7 Å². The number of anilines is 1. The highest BCUT2D eigenvalue weighted by Gasteiger charge is 2.35. The number of fused-ring (bicyclic) bond motifs is 1. The van der Waals surface area contributed by atoms with Crippen LogP contribution in [0.1, 0.15) is 48.8 Å². The Bertz CT molecular complexity index is 1410. The van der Waals surface area contributed by atoms with Gasteiger partial charge in [-0.05, 0) is 43.7 Å². The van der Waals surface area contributed by atoms with Crippen LogP contribution in [0.2, 0.25) is 0 Å². The van der Waals surface area contributed by atoms with Gasteiger partial charge in [0.15, 0.2) is 5.65 Å². The van der Waals surface area contributed by atoms with Crippen molar-refractivity contribution in [3.05, 3.63) is 60.2 Å². The Morgan fingerprint density at radius 3 is 2.41 bits per heavy atom. The van der Waals surface area contributed by atoms with Gasteiger partial charge in [-0.2, -0.15) is 14.7 Å². The van der Waals surface area contributed by atoms with Gasteiger partial charge in [0.25, 0.3) is 0 Å². The summed E-state index contributed by atoms with van der Waals surface area (Å²) < 4.78 is 27.5. The van der Waals surface area contributed by atoms with Gasteiger partial charge >= 0.3 is 0 Å². The van der Waals surface area contributed by atoms with Crippen molar-refractivity contribution in [2.24, 2.45) is 0 Å². The third kappa shape index (κ3) is 3.28. The molecule has 2 N–H and O–H groups in total. The molecule has 1 saturated carbocycles. The lowest BCUT2D eigenvalue weighted by Gasteiger charge is -2.24. The van der Waals surface area contributed by atoms with Crippen LogP contribution in [0.3, 0.4) is 0 Å². The number of nitrogens with zero attached hydrogens (tertiary/aromatic N) is 5. The second-order valence-electron chi connectivity index (χ2n) is 8.80. The Morgan fingerprint density at radius 1 is 0.938 bits per heavy atom. The number of hydrogen-bond acceptors (Lipinski definition) is 6. The first-order chi connectivity index (χ1) is 15.5. The molecule has 2 fully saturated rings. The van der Waals surface area contributed by atoms with E-state index < -0.39 is 9.84 Å². The summed E-state index contributed by atoms with van der Waals surface area (Å²) in [5.74, 6) is 1.56. The molecular weight excluding hydrogens is 424 g/mol. The molecule has 2 aliphatic rings. The normalized spacial score (nSPS) is 18.9. The van der Waals surface area contributed by atoms with E-state index >= 15 is 0 Å². The van der Waals surface area contributed by atoms with Gasteiger partial charge in [0.2, 0.25) is 0 Å². The number of para-hydroxylation sites is 1. The number of nitrogen functional groups attached to an aromatic ring is 1. The molecule has 6 rings (SSSR count). The van der Waals surface area contributed by atoms with Crippen molar-refractivity contribution in [1.29, 1.82) is 0 Å². The fourth-order valence-corrected chi connectivity index (χ4v) is 6.19. The summed E-state index contributed by atoms with van der Waals surface area (Å²) in [6, 6.07) is 9.93. The van der Waals surface area contributed by atoms with Crippen LogP contribution in [0.25, 0.3) is 22.5 Å². The minimum atomic E-state index is -2.95. The van der Waals surface area contributed by atoms with E-state index in [4.69, 9.17) is 10.7 Å². The van der Waals surface area contributed by atoms with Crippen molar-refractivity contribution in [2.75, 3.05) is 17.2 Å². The molecule has 0 atom stereocenters. The van der Waals surface area contributed by atoms with Gasteiger partial charge < -0.3 is 5.73 Å². The second kappa shape index (κ2) is 7.16. The molecule has 0 radical (unpaired) electrons. The van der Waals surface area contributed by atoms with Crippen LogP contribution >= 0.6 is 0 Å². The van der Waals surface area contributed by atoms with Gasteiger partial charge in [-0.1, -0.05) is 18.2 Å². The minimum Gasteiger partial charge on any atom is -0.383 e. The summed E-state index contributed by atoms with van der Waals surface area (Å²) in [6.07, 6.45) is 8.94. The molecule has 1 aliphatic carbocycles. The molecule has 0 spiro atoms. The lowest BCUT2D eigenvalue weighted by molar-refractivity contribution is 0.542. The van der Waals surface area contributed by atoms with Crippen molar-refractivity contribution >= 4 is 21.3 Å². The number of benzene rings is 1. The number of sulfone groups is 1. The highest BCUT2D eigenvalue weighted by molar-refractivity contribution is 7.91. The Morgan fingerprint density at radius 2 is 1.69 bits per heavy atom. The molecule has 1 aromatic carbocycles. The summed E-state index contributed by atoms with van der Waals surface area (Å²) in [5, 5.41) is 9.06. The SMILES string of the molecule is Nc1c(C2CC2)c(C2CCS(=O)(=O)CC2)nc2c(-c3cnn(-c4ccccc4)c3)cnn12. The predicted octanol–water partition coefficient (Wildman–Crippen LogP) is 3.33. The molecule has 9 heteroatoms. The minimum absolute atomic E-state index is 0.108. The zero-order chi connectivity index (χ0) is 21.9. The highest BCUT2D eigenvalue weighted by atomic mass is 32.2. The molecule has 0 unspecified atom stereocenters. The van der Waals surface area contributed by atoms with E-state index in [0.717, 1.165) is 40.9 Å². The summed E-state index contributed by atoms with van der Waals surface area (Å²) in [7, 11) is -2.95. The molecule has 8 nitrogen and oxygen atoms in total. The van der Waals surface area contributed by atoms with Crippen LogP contribution in [-0.4, -0.2) is 44.3 Å². The second-order valence-corrected chi connectivity index (χ2v) is 11.1. The van der Waals surface area contributed by atoms with E-state index in [9.17, 15) is 8.42 Å². The van der Waals surface area contributed by atoms with Crippen molar-refractivity contribution in [3.8, 4) is 16.8 Å². The van der Waals surface area contributed by atoms with Crippen LogP contribution in [0.5, 0.6) is 0 Å². The van der Waals surface area contributed by atoms with Gasteiger partial charge in [0, 0.05) is 28.8 Å². The molecule has 4 aromatic rings. The molecule has 1 saturated heterocycles. The first-order valence-electron chi connectivity index (χ1n) is 11.0. The highest BCUT2D eigenvalue weighted by Crippen LogP contribution is 2.47. The number of aromatic nitrogens is 5. The molecular formula is C23H24N6O2S. The summed E-state index contributed by atoms with van der Waals surface area (Å²) >= 11 is 0. The third-order valence-electron chi connectivity index (χ3n) is 6.59. The average Bonchev–Trinajstić information content (AvgIpc) is 3.34. The van der Waals surface area contributed by atoms with Gasteiger partial charge in [-0.25, -0.2) is 18.1 Å². The van der Waals surface area contributed by atoms with E-state index in [-0.39, 0.29) is 17.4 Å². The van der Waals surface area contributed by atoms with Gasteiger partial charge in [0.05, 0.1) is 35.3 Å². The van der Waals surface area contributed by atoms with E-state index in [2.05, 4.69) is 10.2 Å². The summed E-state index contributed by atoms with van der Waals surface area (Å²) in [5.41, 5.74) is 12.1. The third-order valence-corrected chi connectivity index (χ3v) is 8.31. The maximum Gasteiger partial charge on any atom is 0.165 e. The van der Waals surface area contributed by atoms with Crippen molar-refractivity contribution in [2.45, 2.75) is 37.5 Å². The van der Waals surface area contributed by atoms with E-state index in [1.165, 1.54) is 0 Å². The Balaban J connectivity index is 1.46.